The van der Waals surface area contributed by atoms with E-state index in [0.717, 1.165) is 11.5 Å². The Bertz CT molecular complexity index is 582. The van der Waals surface area contributed by atoms with Gasteiger partial charge >= 0.3 is 5.97 Å². The van der Waals surface area contributed by atoms with Crippen molar-refractivity contribution < 1.29 is 19.0 Å². The lowest BCUT2D eigenvalue weighted by atomic mass is 10.1. The molecule has 0 radical (unpaired) electrons. The second-order valence-electron chi connectivity index (χ2n) is 3.43. The third-order valence-corrected chi connectivity index (χ3v) is 3.08. The molecule has 0 aliphatic carbocycles. The lowest BCUT2D eigenvalue weighted by Gasteiger charge is -2.06. The number of nitrogens with zero attached hydrogens (tertiary/aromatic N) is 1. The summed E-state index contributed by atoms with van der Waals surface area (Å²) in [4.78, 5) is 11.2. The van der Waals surface area contributed by atoms with E-state index in [4.69, 9.17) is 9.84 Å². The van der Waals surface area contributed by atoms with E-state index in [0.29, 0.717) is 17.0 Å². The van der Waals surface area contributed by atoms with Crippen LogP contribution in [0.2, 0.25) is 0 Å². The first-order valence-electron chi connectivity index (χ1n) is 5.25. The highest BCUT2D eigenvalue weighted by molar-refractivity contribution is 7.09. The third kappa shape index (κ3) is 2.33. The van der Waals surface area contributed by atoms with Crippen molar-refractivity contribution in [3.05, 3.63) is 35.8 Å². The lowest BCUT2D eigenvalue weighted by molar-refractivity contribution is 0.0692. The maximum absolute atomic E-state index is 14.1. The van der Waals surface area contributed by atoms with Gasteiger partial charge in [0.15, 0.2) is 17.3 Å². The van der Waals surface area contributed by atoms with Gasteiger partial charge < -0.3 is 9.84 Å². The van der Waals surface area contributed by atoms with Gasteiger partial charge in [-0.05, 0) is 30.6 Å². The van der Waals surface area contributed by atoms with Gasteiger partial charge in [-0.3, -0.25) is 0 Å². The number of rotatable bonds is 4. The second kappa shape index (κ2) is 5.14. The quantitative estimate of drug-likeness (QED) is 0.925. The monoisotopic (exact) mass is 267 g/mol. The Balaban J connectivity index is 2.43. The molecule has 1 aromatic heterocycles. The first-order valence-corrected chi connectivity index (χ1v) is 6.02. The molecule has 2 rings (SSSR count). The normalized spacial score (nSPS) is 10.3. The van der Waals surface area contributed by atoms with E-state index in [9.17, 15) is 9.18 Å². The fourth-order valence-electron chi connectivity index (χ4n) is 1.47. The van der Waals surface area contributed by atoms with Crippen molar-refractivity contribution in [2.24, 2.45) is 0 Å². The fraction of sp³-hybridized carbons (Fsp3) is 0.167. The molecule has 0 bridgehead atoms. The van der Waals surface area contributed by atoms with Gasteiger partial charge in [-0.15, -0.1) is 0 Å². The van der Waals surface area contributed by atoms with Crippen LogP contribution in [0.5, 0.6) is 5.75 Å². The van der Waals surface area contributed by atoms with Crippen molar-refractivity contribution in [2.45, 2.75) is 6.92 Å². The number of hydrogen-bond acceptors (Lipinski definition) is 4. The molecule has 4 nitrogen and oxygen atoms in total. The summed E-state index contributed by atoms with van der Waals surface area (Å²) in [5.74, 6) is -1.47. The van der Waals surface area contributed by atoms with Gasteiger partial charge in [0.25, 0.3) is 0 Å². The van der Waals surface area contributed by atoms with Gasteiger partial charge in [-0.25, -0.2) is 9.18 Å². The average Bonchev–Trinajstić information content (AvgIpc) is 2.81. The van der Waals surface area contributed by atoms with E-state index in [-0.39, 0.29) is 11.4 Å². The predicted octanol–water partition coefficient (Wildman–Crippen LogP) is 3.05. The molecule has 18 heavy (non-hydrogen) atoms. The van der Waals surface area contributed by atoms with Gasteiger partial charge in [0.1, 0.15) is 0 Å². The van der Waals surface area contributed by atoms with Gasteiger partial charge in [-0.1, -0.05) is 12.1 Å². The van der Waals surface area contributed by atoms with Crippen LogP contribution in [0.4, 0.5) is 4.39 Å². The molecule has 0 aliphatic heterocycles. The summed E-state index contributed by atoms with van der Waals surface area (Å²) in [7, 11) is 0. The summed E-state index contributed by atoms with van der Waals surface area (Å²) in [6, 6.07) is 6.10. The molecule has 0 saturated carbocycles. The second-order valence-corrected chi connectivity index (χ2v) is 4.24. The molecular formula is C12H10FNO3S. The first-order chi connectivity index (χ1) is 8.63. The van der Waals surface area contributed by atoms with Crippen molar-refractivity contribution in [3.63, 3.8) is 0 Å². The Morgan fingerprint density at radius 2 is 2.33 bits per heavy atom. The summed E-state index contributed by atoms with van der Waals surface area (Å²) in [6.45, 7) is 2.13. The van der Waals surface area contributed by atoms with Crippen LogP contribution in [-0.2, 0) is 0 Å². The molecule has 0 spiro atoms. The highest BCUT2D eigenvalue weighted by Crippen LogP contribution is 2.31. The Kier molecular flexibility index (Phi) is 3.57. The number of carbonyl (C=O) groups is 1. The molecule has 0 saturated heterocycles. The van der Waals surface area contributed by atoms with E-state index >= 15 is 0 Å². The minimum atomic E-state index is -1.13. The summed E-state index contributed by atoms with van der Waals surface area (Å²) in [6.07, 6.45) is 0. The minimum absolute atomic E-state index is 0.0868. The Morgan fingerprint density at radius 3 is 2.94 bits per heavy atom. The zero-order valence-corrected chi connectivity index (χ0v) is 10.3. The molecule has 0 fully saturated rings. The molecule has 0 aliphatic rings. The Hall–Kier alpha value is -1.95. The zero-order chi connectivity index (χ0) is 13.1. The van der Waals surface area contributed by atoms with Gasteiger partial charge in [0.05, 0.1) is 11.5 Å². The molecule has 94 valence electrons. The van der Waals surface area contributed by atoms with Gasteiger partial charge in [-0.2, -0.15) is 4.37 Å². The molecule has 0 atom stereocenters. The third-order valence-electron chi connectivity index (χ3n) is 2.26. The van der Waals surface area contributed by atoms with Crippen LogP contribution in [0.3, 0.4) is 0 Å². The molecule has 2 aromatic rings. The van der Waals surface area contributed by atoms with E-state index in [1.165, 1.54) is 12.1 Å². The number of aromatic nitrogens is 1. The van der Waals surface area contributed by atoms with Crippen LogP contribution >= 0.6 is 11.5 Å². The van der Waals surface area contributed by atoms with E-state index in [1.54, 1.807) is 19.1 Å². The van der Waals surface area contributed by atoms with Crippen molar-refractivity contribution in [1.82, 2.24) is 4.37 Å². The van der Waals surface area contributed by atoms with Crippen molar-refractivity contribution in [3.8, 4) is 16.2 Å². The van der Waals surface area contributed by atoms with E-state index in [2.05, 4.69) is 4.37 Å². The lowest BCUT2D eigenvalue weighted by Crippen LogP contribution is -1.96. The van der Waals surface area contributed by atoms with Crippen LogP contribution in [0.25, 0.3) is 10.4 Å². The highest BCUT2D eigenvalue weighted by atomic mass is 32.1. The largest absolute Gasteiger partial charge is 0.491 e. The number of benzene rings is 1. The van der Waals surface area contributed by atoms with Crippen LogP contribution in [-0.4, -0.2) is 22.1 Å². The highest BCUT2D eigenvalue weighted by Gasteiger charge is 2.15. The molecule has 6 heteroatoms. The summed E-state index contributed by atoms with van der Waals surface area (Å²) < 4.78 is 23.0. The summed E-state index contributed by atoms with van der Waals surface area (Å²) in [5, 5.41) is 8.78. The smallest absolute Gasteiger partial charge is 0.355 e. The summed E-state index contributed by atoms with van der Waals surface area (Å²) >= 11 is 0.946. The molecular weight excluding hydrogens is 257 g/mol. The number of carboxylic acid groups (broad SMARTS) is 1. The van der Waals surface area contributed by atoms with Crippen molar-refractivity contribution >= 4 is 17.5 Å². The average molecular weight is 267 g/mol. The van der Waals surface area contributed by atoms with Gasteiger partial charge in [0.2, 0.25) is 0 Å². The van der Waals surface area contributed by atoms with Crippen LogP contribution in [0.15, 0.2) is 24.3 Å². The number of carboxylic acids is 1. The Morgan fingerprint density at radius 1 is 1.56 bits per heavy atom. The SMILES string of the molecule is CCOc1cccc(-c2cc(C(=O)O)ns2)c1F. The van der Waals surface area contributed by atoms with Crippen LogP contribution in [0.1, 0.15) is 17.4 Å². The maximum atomic E-state index is 14.1. The number of aromatic carboxylic acids is 1. The molecule has 0 amide bonds. The number of ether oxygens (including phenoxy) is 1. The molecule has 1 aromatic carbocycles. The molecule has 1 N–H and O–H groups in total. The van der Waals surface area contributed by atoms with E-state index in [1.807, 2.05) is 0 Å². The Labute approximate surface area is 107 Å². The first kappa shape index (κ1) is 12.5. The standard InChI is InChI=1S/C12H10FNO3S/c1-2-17-9-5-3-4-7(11(9)13)10-6-8(12(15)16)14-18-10/h3-6H,2H2,1H3,(H,15,16). The number of hydrogen-bond donors (Lipinski definition) is 1. The summed E-state index contributed by atoms with van der Waals surface area (Å²) in [5.41, 5.74) is 0.210. The van der Waals surface area contributed by atoms with Gasteiger partial charge in [0, 0.05) is 5.56 Å². The minimum Gasteiger partial charge on any atom is -0.491 e. The molecule has 0 unspecified atom stereocenters. The van der Waals surface area contributed by atoms with Crippen LogP contribution < -0.4 is 4.74 Å². The molecule has 1 heterocycles. The maximum Gasteiger partial charge on any atom is 0.355 e. The zero-order valence-electron chi connectivity index (χ0n) is 9.51. The van der Waals surface area contributed by atoms with Crippen molar-refractivity contribution in [2.75, 3.05) is 6.61 Å². The fourth-order valence-corrected chi connectivity index (χ4v) is 2.22. The number of halogens is 1. The predicted molar refractivity (Wildman–Crippen MR) is 65.6 cm³/mol. The van der Waals surface area contributed by atoms with Crippen LogP contribution in [0, 0.1) is 5.82 Å². The topological polar surface area (TPSA) is 59.4 Å². The van der Waals surface area contributed by atoms with Crippen molar-refractivity contribution in [1.29, 1.82) is 0 Å². The van der Waals surface area contributed by atoms with E-state index < -0.39 is 11.8 Å².